The minimum absolute atomic E-state index is 0.0722. The first kappa shape index (κ1) is 15.6. The Bertz CT molecular complexity index is 567. The fourth-order valence-electron chi connectivity index (χ4n) is 2.11. The predicted octanol–water partition coefficient (Wildman–Crippen LogP) is 2.36. The van der Waals surface area contributed by atoms with Gasteiger partial charge in [-0.05, 0) is 47.9 Å². The lowest BCUT2D eigenvalue weighted by atomic mass is 10.1. The van der Waals surface area contributed by atoms with Gasteiger partial charge in [-0.2, -0.15) is 0 Å². The number of tetrazole rings is 1. The van der Waals surface area contributed by atoms with Crippen molar-refractivity contribution in [1.29, 1.82) is 0 Å². The summed E-state index contributed by atoms with van der Waals surface area (Å²) in [5.74, 6) is 1.17. The molecule has 6 heteroatoms. The molecule has 1 aromatic heterocycles. The summed E-state index contributed by atoms with van der Waals surface area (Å²) < 4.78 is 15.4. The van der Waals surface area contributed by atoms with Gasteiger partial charge in [0.15, 0.2) is 5.82 Å². The van der Waals surface area contributed by atoms with Crippen LogP contribution in [-0.2, 0) is 13.0 Å². The molecule has 0 aliphatic carbocycles. The highest BCUT2D eigenvalue weighted by Crippen LogP contribution is 2.11. The lowest BCUT2D eigenvalue weighted by molar-refractivity contribution is 0.451. The molecule has 1 N–H and O–H groups in total. The van der Waals surface area contributed by atoms with Gasteiger partial charge in [-0.3, -0.25) is 0 Å². The van der Waals surface area contributed by atoms with Crippen LogP contribution >= 0.6 is 0 Å². The SMILES string of the molecule is CC(C)CNC(C)c1nnnn1CCc1ccccc1F. The molecule has 2 aromatic rings. The fourth-order valence-corrected chi connectivity index (χ4v) is 2.11. The van der Waals surface area contributed by atoms with E-state index in [0.29, 0.717) is 24.4 Å². The summed E-state index contributed by atoms with van der Waals surface area (Å²) >= 11 is 0. The molecule has 1 unspecified atom stereocenters. The summed E-state index contributed by atoms with van der Waals surface area (Å²) in [5.41, 5.74) is 0.682. The normalized spacial score (nSPS) is 12.8. The molecule has 1 heterocycles. The molecule has 21 heavy (non-hydrogen) atoms. The van der Waals surface area contributed by atoms with E-state index in [1.807, 2.05) is 13.0 Å². The average molecular weight is 291 g/mol. The van der Waals surface area contributed by atoms with Crippen LogP contribution in [0.15, 0.2) is 24.3 Å². The van der Waals surface area contributed by atoms with Crippen molar-refractivity contribution in [3.63, 3.8) is 0 Å². The first-order valence-electron chi connectivity index (χ1n) is 7.30. The van der Waals surface area contributed by atoms with Gasteiger partial charge < -0.3 is 5.32 Å². The molecular weight excluding hydrogens is 269 g/mol. The van der Waals surface area contributed by atoms with Crippen molar-refractivity contribution in [1.82, 2.24) is 25.5 Å². The van der Waals surface area contributed by atoms with E-state index in [0.717, 1.165) is 12.4 Å². The van der Waals surface area contributed by atoms with Crippen molar-refractivity contribution >= 4 is 0 Å². The van der Waals surface area contributed by atoms with Crippen molar-refractivity contribution in [2.45, 2.75) is 39.8 Å². The number of aryl methyl sites for hydroxylation is 2. The Kier molecular flexibility index (Phi) is 5.38. The summed E-state index contributed by atoms with van der Waals surface area (Å²) in [6.45, 7) is 7.81. The zero-order valence-corrected chi connectivity index (χ0v) is 12.8. The third-order valence-corrected chi connectivity index (χ3v) is 3.33. The second-order valence-electron chi connectivity index (χ2n) is 5.63. The fraction of sp³-hybridized carbons (Fsp3) is 0.533. The molecule has 0 radical (unpaired) electrons. The monoisotopic (exact) mass is 291 g/mol. The topological polar surface area (TPSA) is 55.6 Å². The first-order chi connectivity index (χ1) is 10.1. The lowest BCUT2D eigenvalue weighted by Crippen LogP contribution is -2.26. The molecule has 0 spiro atoms. The zero-order valence-electron chi connectivity index (χ0n) is 12.8. The lowest BCUT2D eigenvalue weighted by Gasteiger charge is -2.15. The maximum atomic E-state index is 13.6. The summed E-state index contributed by atoms with van der Waals surface area (Å²) in [5, 5.41) is 15.2. The molecule has 5 nitrogen and oxygen atoms in total. The number of hydrogen-bond donors (Lipinski definition) is 1. The Hall–Kier alpha value is -1.82. The number of aromatic nitrogens is 4. The molecule has 0 saturated heterocycles. The highest BCUT2D eigenvalue weighted by atomic mass is 19.1. The number of rotatable bonds is 7. The first-order valence-corrected chi connectivity index (χ1v) is 7.30. The van der Waals surface area contributed by atoms with E-state index in [9.17, 15) is 4.39 Å². The highest BCUT2D eigenvalue weighted by Gasteiger charge is 2.14. The highest BCUT2D eigenvalue weighted by molar-refractivity contribution is 5.17. The van der Waals surface area contributed by atoms with Crippen LogP contribution < -0.4 is 5.32 Å². The van der Waals surface area contributed by atoms with E-state index in [1.165, 1.54) is 6.07 Å². The summed E-state index contributed by atoms with van der Waals surface area (Å²) in [7, 11) is 0. The average Bonchev–Trinajstić information content (AvgIpc) is 2.92. The Balaban J connectivity index is 1.98. The van der Waals surface area contributed by atoms with Gasteiger partial charge in [-0.1, -0.05) is 32.0 Å². The van der Waals surface area contributed by atoms with Crippen LogP contribution in [0, 0.1) is 11.7 Å². The molecule has 0 aliphatic heterocycles. The molecule has 0 bridgehead atoms. The van der Waals surface area contributed by atoms with Crippen molar-refractivity contribution < 1.29 is 4.39 Å². The van der Waals surface area contributed by atoms with Crippen LogP contribution in [0.1, 0.15) is 38.2 Å². The van der Waals surface area contributed by atoms with E-state index in [4.69, 9.17) is 0 Å². The van der Waals surface area contributed by atoms with Crippen molar-refractivity contribution in [3.05, 3.63) is 41.5 Å². The van der Waals surface area contributed by atoms with Gasteiger partial charge >= 0.3 is 0 Å². The van der Waals surface area contributed by atoms with Gasteiger partial charge in [0, 0.05) is 6.54 Å². The summed E-state index contributed by atoms with van der Waals surface area (Å²) in [6, 6.07) is 6.87. The molecule has 0 fully saturated rings. The standard InChI is InChI=1S/C15H22FN5/c1-11(2)10-17-12(3)15-18-19-20-21(15)9-8-13-6-4-5-7-14(13)16/h4-7,11-12,17H,8-10H2,1-3H3. The predicted molar refractivity (Wildman–Crippen MR) is 79.2 cm³/mol. The number of benzene rings is 1. The van der Waals surface area contributed by atoms with Gasteiger partial charge in [-0.15, -0.1) is 5.10 Å². The van der Waals surface area contributed by atoms with E-state index in [2.05, 4.69) is 34.7 Å². The van der Waals surface area contributed by atoms with Crippen LogP contribution in [0.2, 0.25) is 0 Å². The van der Waals surface area contributed by atoms with Crippen LogP contribution in [0.3, 0.4) is 0 Å². The van der Waals surface area contributed by atoms with Gasteiger partial charge in [0.2, 0.25) is 0 Å². The molecular formula is C15H22FN5. The number of nitrogens with zero attached hydrogens (tertiary/aromatic N) is 4. The Morgan fingerprint density at radius 1 is 1.24 bits per heavy atom. The van der Waals surface area contributed by atoms with Gasteiger partial charge in [0.25, 0.3) is 0 Å². The molecule has 1 atom stereocenters. The second-order valence-corrected chi connectivity index (χ2v) is 5.63. The van der Waals surface area contributed by atoms with E-state index >= 15 is 0 Å². The van der Waals surface area contributed by atoms with E-state index in [-0.39, 0.29) is 11.9 Å². The summed E-state index contributed by atoms with van der Waals surface area (Å²) in [4.78, 5) is 0. The van der Waals surface area contributed by atoms with Crippen molar-refractivity contribution in [2.75, 3.05) is 6.54 Å². The minimum Gasteiger partial charge on any atom is -0.307 e. The Morgan fingerprint density at radius 3 is 2.71 bits per heavy atom. The van der Waals surface area contributed by atoms with Gasteiger partial charge in [0.1, 0.15) is 5.82 Å². The maximum Gasteiger partial charge on any atom is 0.167 e. The number of halogens is 1. The smallest absolute Gasteiger partial charge is 0.167 e. The minimum atomic E-state index is -0.182. The molecule has 0 saturated carbocycles. The number of nitrogens with one attached hydrogen (secondary N) is 1. The van der Waals surface area contributed by atoms with Crippen LogP contribution in [-0.4, -0.2) is 26.8 Å². The van der Waals surface area contributed by atoms with Gasteiger partial charge in [0.05, 0.1) is 6.04 Å². The third kappa shape index (κ3) is 4.32. The van der Waals surface area contributed by atoms with E-state index < -0.39 is 0 Å². The Morgan fingerprint density at radius 2 is 2.00 bits per heavy atom. The maximum absolute atomic E-state index is 13.6. The van der Waals surface area contributed by atoms with Crippen LogP contribution in [0.4, 0.5) is 4.39 Å². The largest absolute Gasteiger partial charge is 0.307 e. The van der Waals surface area contributed by atoms with Crippen molar-refractivity contribution in [2.24, 2.45) is 5.92 Å². The van der Waals surface area contributed by atoms with E-state index in [1.54, 1.807) is 16.8 Å². The molecule has 0 amide bonds. The van der Waals surface area contributed by atoms with Crippen molar-refractivity contribution in [3.8, 4) is 0 Å². The van der Waals surface area contributed by atoms with Crippen LogP contribution in [0.25, 0.3) is 0 Å². The number of hydrogen-bond acceptors (Lipinski definition) is 4. The Labute approximate surface area is 124 Å². The second kappa shape index (κ2) is 7.26. The molecule has 2 rings (SSSR count). The van der Waals surface area contributed by atoms with Gasteiger partial charge in [-0.25, -0.2) is 9.07 Å². The molecule has 0 aliphatic rings. The quantitative estimate of drug-likeness (QED) is 0.851. The van der Waals surface area contributed by atoms with Crippen LogP contribution in [0.5, 0.6) is 0 Å². The molecule has 114 valence electrons. The molecule has 1 aromatic carbocycles. The zero-order chi connectivity index (χ0) is 15.2. The third-order valence-electron chi connectivity index (χ3n) is 3.33. The summed E-state index contributed by atoms with van der Waals surface area (Å²) in [6.07, 6.45) is 0.571.